The summed E-state index contributed by atoms with van der Waals surface area (Å²) in [5.74, 6) is 0.172. The molecule has 0 unspecified atom stereocenters. The van der Waals surface area contributed by atoms with Crippen LogP contribution in [-0.2, 0) is 0 Å². The molecule has 0 amide bonds. The Bertz CT molecular complexity index is 734. The summed E-state index contributed by atoms with van der Waals surface area (Å²) in [5, 5.41) is 17.2. The van der Waals surface area contributed by atoms with Crippen molar-refractivity contribution < 1.29 is 9.90 Å². The fourth-order valence-corrected chi connectivity index (χ4v) is 2.01. The van der Waals surface area contributed by atoms with E-state index in [4.69, 9.17) is 0 Å². The van der Waals surface area contributed by atoms with Crippen molar-refractivity contribution in [3.8, 4) is 22.7 Å². The molecule has 3 aromatic rings. The summed E-state index contributed by atoms with van der Waals surface area (Å²) in [6, 6.07) is 16.0. The lowest BCUT2D eigenvalue weighted by Gasteiger charge is -2.07. The highest BCUT2D eigenvalue weighted by Gasteiger charge is 2.15. The number of rotatable bonds is 3. The van der Waals surface area contributed by atoms with Gasteiger partial charge >= 0.3 is 0 Å². The Labute approximate surface area is 115 Å². The number of carbonyl (C=O) groups excluding carboxylic acids is 1. The van der Waals surface area contributed by atoms with Crippen LogP contribution < -0.4 is 0 Å². The maximum absolute atomic E-state index is 11.1. The molecule has 1 aromatic heterocycles. The van der Waals surface area contributed by atoms with Crippen molar-refractivity contribution in [2.45, 2.75) is 0 Å². The quantitative estimate of drug-likeness (QED) is 0.738. The lowest BCUT2D eigenvalue weighted by atomic mass is 10.1. The van der Waals surface area contributed by atoms with Crippen LogP contribution in [0.3, 0.4) is 0 Å². The van der Waals surface area contributed by atoms with Gasteiger partial charge in [0.15, 0.2) is 12.0 Å². The van der Waals surface area contributed by atoms with Gasteiger partial charge in [0.05, 0.1) is 5.69 Å². The highest BCUT2D eigenvalue weighted by molar-refractivity contribution is 5.83. The molecule has 0 saturated heterocycles. The van der Waals surface area contributed by atoms with Gasteiger partial charge in [0, 0.05) is 5.56 Å². The molecule has 0 bridgehead atoms. The number of hydrogen-bond acceptors (Lipinski definition) is 4. The smallest absolute Gasteiger partial charge is 0.172 e. The monoisotopic (exact) mass is 265 g/mol. The van der Waals surface area contributed by atoms with Gasteiger partial charge < -0.3 is 5.11 Å². The van der Waals surface area contributed by atoms with Crippen molar-refractivity contribution in [3.05, 3.63) is 60.3 Å². The van der Waals surface area contributed by atoms with Crippen molar-refractivity contribution in [1.29, 1.82) is 0 Å². The van der Waals surface area contributed by atoms with E-state index in [-0.39, 0.29) is 11.4 Å². The first-order valence-electron chi connectivity index (χ1n) is 6.05. The number of carbonyl (C=O) groups is 1. The predicted octanol–water partition coefficient (Wildman–Crippen LogP) is 2.45. The van der Waals surface area contributed by atoms with Crippen molar-refractivity contribution in [2.24, 2.45) is 0 Å². The molecular weight excluding hydrogens is 254 g/mol. The van der Waals surface area contributed by atoms with Gasteiger partial charge in [-0.05, 0) is 24.3 Å². The zero-order valence-electron chi connectivity index (χ0n) is 10.5. The third-order valence-corrected chi connectivity index (χ3v) is 2.95. The molecule has 2 aromatic carbocycles. The third-order valence-electron chi connectivity index (χ3n) is 2.95. The van der Waals surface area contributed by atoms with E-state index in [0.29, 0.717) is 12.0 Å². The third kappa shape index (κ3) is 2.05. The van der Waals surface area contributed by atoms with Gasteiger partial charge in [-0.25, -0.2) is 4.68 Å². The molecular formula is C15H11N3O2. The molecule has 0 saturated carbocycles. The Hall–Kier alpha value is -2.95. The molecule has 0 fully saturated rings. The molecule has 0 aliphatic heterocycles. The fraction of sp³-hybridized carbons (Fsp3) is 0. The molecule has 5 heteroatoms. The van der Waals surface area contributed by atoms with E-state index in [1.54, 1.807) is 28.9 Å². The second-order valence-electron chi connectivity index (χ2n) is 4.24. The van der Waals surface area contributed by atoms with Crippen LogP contribution in [0.25, 0.3) is 16.9 Å². The minimum atomic E-state index is 0.172. The van der Waals surface area contributed by atoms with E-state index < -0.39 is 0 Å². The van der Waals surface area contributed by atoms with Crippen LogP contribution in [-0.4, -0.2) is 26.4 Å². The first kappa shape index (κ1) is 12.1. The van der Waals surface area contributed by atoms with Crippen molar-refractivity contribution in [3.63, 3.8) is 0 Å². The number of phenolic OH excluding ortho intramolecular Hbond substituents is 1. The van der Waals surface area contributed by atoms with E-state index in [2.05, 4.69) is 10.3 Å². The Kier molecular flexibility index (Phi) is 3.01. The van der Waals surface area contributed by atoms with Crippen molar-refractivity contribution in [2.75, 3.05) is 0 Å². The number of benzene rings is 2. The van der Waals surface area contributed by atoms with Crippen LogP contribution in [0.5, 0.6) is 5.75 Å². The van der Waals surface area contributed by atoms with Crippen LogP contribution >= 0.6 is 0 Å². The Morgan fingerprint density at radius 3 is 2.35 bits per heavy atom. The van der Waals surface area contributed by atoms with E-state index >= 15 is 0 Å². The Balaban J connectivity index is 2.20. The predicted molar refractivity (Wildman–Crippen MR) is 73.8 cm³/mol. The largest absolute Gasteiger partial charge is 0.508 e. The van der Waals surface area contributed by atoms with Gasteiger partial charge in [-0.3, -0.25) is 4.79 Å². The van der Waals surface area contributed by atoms with Crippen molar-refractivity contribution in [1.82, 2.24) is 15.0 Å². The number of aldehydes is 1. The molecule has 0 spiro atoms. The minimum absolute atomic E-state index is 0.172. The van der Waals surface area contributed by atoms with E-state index in [1.807, 2.05) is 30.3 Å². The van der Waals surface area contributed by atoms with Gasteiger partial charge in [0.2, 0.25) is 0 Å². The molecule has 1 N–H and O–H groups in total. The highest BCUT2D eigenvalue weighted by atomic mass is 16.3. The molecule has 3 rings (SSSR count). The first-order valence-corrected chi connectivity index (χ1v) is 6.05. The average Bonchev–Trinajstić information content (AvgIpc) is 2.93. The van der Waals surface area contributed by atoms with Crippen LogP contribution in [0.2, 0.25) is 0 Å². The van der Waals surface area contributed by atoms with Gasteiger partial charge in [0.25, 0.3) is 0 Å². The van der Waals surface area contributed by atoms with Gasteiger partial charge in [0.1, 0.15) is 11.4 Å². The molecule has 98 valence electrons. The summed E-state index contributed by atoms with van der Waals surface area (Å²) in [4.78, 5) is 11.1. The summed E-state index contributed by atoms with van der Waals surface area (Å²) in [6.45, 7) is 0. The lowest BCUT2D eigenvalue weighted by molar-refractivity contribution is 0.111. The summed E-state index contributed by atoms with van der Waals surface area (Å²) >= 11 is 0. The van der Waals surface area contributed by atoms with Gasteiger partial charge in [-0.15, -0.1) is 5.10 Å². The molecule has 0 radical (unpaired) electrons. The summed E-state index contributed by atoms with van der Waals surface area (Å²) in [6.07, 6.45) is 0.687. The highest BCUT2D eigenvalue weighted by Crippen LogP contribution is 2.24. The number of nitrogens with zero attached hydrogens (tertiary/aromatic N) is 3. The normalized spacial score (nSPS) is 10.4. The van der Waals surface area contributed by atoms with Crippen LogP contribution in [0.15, 0.2) is 54.6 Å². The average molecular weight is 265 g/mol. The Morgan fingerprint density at radius 1 is 1.00 bits per heavy atom. The molecule has 0 aliphatic rings. The van der Waals surface area contributed by atoms with E-state index in [1.165, 1.54) is 0 Å². The van der Waals surface area contributed by atoms with E-state index in [9.17, 15) is 9.90 Å². The zero-order chi connectivity index (χ0) is 13.9. The summed E-state index contributed by atoms with van der Waals surface area (Å²) in [7, 11) is 0. The first-order chi connectivity index (χ1) is 9.79. The second-order valence-corrected chi connectivity index (χ2v) is 4.24. The Morgan fingerprint density at radius 2 is 1.70 bits per heavy atom. The standard InChI is InChI=1S/C15H11N3O2/c19-10-14-15(11-4-2-1-3-5-11)18(17-16-14)12-6-8-13(20)9-7-12/h1-10,20H. The fourth-order valence-electron chi connectivity index (χ4n) is 2.01. The molecule has 5 nitrogen and oxygen atoms in total. The van der Waals surface area contributed by atoms with Gasteiger partial charge in [-0.1, -0.05) is 35.5 Å². The number of phenols is 1. The van der Waals surface area contributed by atoms with Crippen LogP contribution in [0.4, 0.5) is 0 Å². The second kappa shape index (κ2) is 4.97. The topological polar surface area (TPSA) is 68.0 Å². The van der Waals surface area contributed by atoms with Crippen molar-refractivity contribution >= 4 is 6.29 Å². The number of hydrogen-bond donors (Lipinski definition) is 1. The van der Waals surface area contributed by atoms with Crippen LogP contribution in [0, 0.1) is 0 Å². The summed E-state index contributed by atoms with van der Waals surface area (Å²) < 4.78 is 1.58. The minimum Gasteiger partial charge on any atom is -0.508 e. The number of aromatic nitrogens is 3. The SMILES string of the molecule is O=Cc1nnn(-c2ccc(O)cc2)c1-c1ccccc1. The van der Waals surface area contributed by atoms with Crippen LogP contribution in [0.1, 0.15) is 10.5 Å². The molecule has 0 atom stereocenters. The number of aromatic hydroxyl groups is 1. The maximum atomic E-state index is 11.1. The van der Waals surface area contributed by atoms with Gasteiger partial charge in [-0.2, -0.15) is 0 Å². The maximum Gasteiger partial charge on any atom is 0.172 e. The molecule has 1 heterocycles. The van der Waals surface area contributed by atoms with E-state index in [0.717, 1.165) is 11.3 Å². The lowest BCUT2D eigenvalue weighted by Crippen LogP contribution is -1.99. The zero-order valence-corrected chi connectivity index (χ0v) is 10.5. The summed E-state index contributed by atoms with van der Waals surface area (Å²) in [5.41, 5.74) is 2.49. The molecule has 20 heavy (non-hydrogen) atoms. The molecule has 0 aliphatic carbocycles.